The van der Waals surface area contributed by atoms with Gasteiger partial charge in [-0.25, -0.2) is 9.07 Å². The summed E-state index contributed by atoms with van der Waals surface area (Å²) in [6.07, 6.45) is 2.94. The molecular formula is C10H8ClFN2O. The van der Waals surface area contributed by atoms with E-state index in [4.69, 9.17) is 16.7 Å². The monoisotopic (exact) mass is 226 g/mol. The number of nitrogens with zero attached hydrogens (tertiary/aromatic N) is 2. The zero-order valence-electron chi connectivity index (χ0n) is 7.69. The fraction of sp³-hybridized carbons (Fsp3) is 0.100. The predicted octanol–water partition coefficient (Wildman–Crippen LogP) is 2.16. The van der Waals surface area contributed by atoms with Crippen LogP contribution in [0.5, 0.6) is 0 Å². The minimum Gasteiger partial charge on any atom is -0.392 e. The molecule has 2 rings (SSSR count). The number of hydrogen-bond acceptors (Lipinski definition) is 2. The highest BCUT2D eigenvalue weighted by atomic mass is 35.5. The van der Waals surface area contributed by atoms with Gasteiger partial charge >= 0.3 is 0 Å². The molecule has 0 saturated heterocycles. The first-order valence-corrected chi connectivity index (χ1v) is 4.68. The molecule has 1 aromatic heterocycles. The molecule has 0 aliphatic rings. The normalized spacial score (nSPS) is 10.6. The van der Waals surface area contributed by atoms with Crippen LogP contribution in [0.1, 0.15) is 5.56 Å². The van der Waals surface area contributed by atoms with Gasteiger partial charge in [-0.15, -0.1) is 0 Å². The highest BCUT2D eigenvalue weighted by Gasteiger charge is 2.06. The van der Waals surface area contributed by atoms with Gasteiger partial charge in [0.2, 0.25) is 0 Å². The molecule has 0 atom stereocenters. The van der Waals surface area contributed by atoms with E-state index in [1.165, 1.54) is 23.1 Å². The average molecular weight is 227 g/mol. The third kappa shape index (κ3) is 2.00. The Hall–Kier alpha value is -1.39. The first-order valence-electron chi connectivity index (χ1n) is 4.30. The molecule has 2 aromatic rings. The maximum Gasteiger partial charge on any atom is 0.149 e. The summed E-state index contributed by atoms with van der Waals surface area (Å²) in [5.74, 6) is -0.443. The van der Waals surface area contributed by atoms with Crippen molar-refractivity contribution >= 4 is 11.6 Å². The Morgan fingerprint density at radius 2 is 2.27 bits per heavy atom. The minimum atomic E-state index is -0.443. The van der Waals surface area contributed by atoms with Gasteiger partial charge < -0.3 is 5.11 Å². The largest absolute Gasteiger partial charge is 0.392 e. The number of aromatic nitrogens is 2. The van der Waals surface area contributed by atoms with Crippen molar-refractivity contribution in [3.63, 3.8) is 0 Å². The van der Waals surface area contributed by atoms with Crippen molar-refractivity contribution in [2.45, 2.75) is 6.61 Å². The summed E-state index contributed by atoms with van der Waals surface area (Å²) in [6, 6.07) is 4.45. The van der Waals surface area contributed by atoms with Gasteiger partial charge in [-0.05, 0) is 17.7 Å². The van der Waals surface area contributed by atoms with E-state index in [-0.39, 0.29) is 6.61 Å². The minimum absolute atomic E-state index is 0.183. The van der Waals surface area contributed by atoms with Crippen LogP contribution in [0.2, 0.25) is 5.02 Å². The van der Waals surface area contributed by atoms with Crippen LogP contribution >= 0.6 is 11.6 Å². The van der Waals surface area contributed by atoms with Crippen molar-refractivity contribution in [1.82, 2.24) is 9.78 Å². The van der Waals surface area contributed by atoms with Crippen LogP contribution in [-0.2, 0) is 6.61 Å². The molecule has 0 spiro atoms. The lowest BCUT2D eigenvalue weighted by molar-refractivity contribution is 0.281. The highest BCUT2D eigenvalue weighted by molar-refractivity contribution is 6.30. The molecule has 15 heavy (non-hydrogen) atoms. The van der Waals surface area contributed by atoms with Crippen LogP contribution in [0.4, 0.5) is 4.39 Å². The second-order valence-electron chi connectivity index (χ2n) is 3.05. The molecular weight excluding hydrogens is 219 g/mol. The summed E-state index contributed by atoms with van der Waals surface area (Å²) in [5, 5.41) is 13.1. The molecule has 78 valence electrons. The number of benzene rings is 1. The quantitative estimate of drug-likeness (QED) is 0.852. The smallest absolute Gasteiger partial charge is 0.149 e. The van der Waals surface area contributed by atoms with Crippen LogP contribution in [0.3, 0.4) is 0 Å². The zero-order valence-corrected chi connectivity index (χ0v) is 8.45. The molecule has 3 nitrogen and oxygen atoms in total. The molecule has 0 radical (unpaired) electrons. The molecule has 1 heterocycles. The molecule has 0 saturated carbocycles. The van der Waals surface area contributed by atoms with E-state index in [1.807, 2.05) is 0 Å². The summed E-state index contributed by atoms with van der Waals surface area (Å²) in [6.45, 7) is -0.183. The van der Waals surface area contributed by atoms with Crippen LogP contribution in [0.25, 0.3) is 5.69 Å². The van der Waals surface area contributed by atoms with E-state index in [1.54, 1.807) is 12.1 Å². The lowest BCUT2D eigenvalue weighted by Gasteiger charge is -2.04. The molecule has 0 fully saturated rings. The molecule has 0 amide bonds. The van der Waals surface area contributed by atoms with Crippen molar-refractivity contribution < 1.29 is 9.50 Å². The van der Waals surface area contributed by atoms with Gasteiger partial charge in [-0.1, -0.05) is 17.7 Å². The standard InChI is InChI=1S/C10H8ClFN2O/c11-8-4-13-14(5-8)10-2-1-7(6-15)3-9(10)12/h1-5,15H,6H2. The number of rotatable bonds is 2. The van der Waals surface area contributed by atoms with Crippen LogP contribution in [0, 0.1) is 5.82 Å². The molecule has 0 unspecified atom stereocenters. The maximum absolute atomic E-state index is 13.5. The van der Waals surface area contributed by atoms with Crippen molar-refractivity contribution in [1.29, 1.82) is 0 Å². The van der Waals surface area contributed by atoms with Crippen LogP contribution in [0.15, 0.2) is 30.6 Å². The predicted molar refractivity (Wildman–Crippen MR) is 54.5 cm³/mol. The second-order valence-corrected chi connectivity index (χ2v) is 3.48. The van der Waals surface area contributed by atoms with Crippen molar-refractivity contribution in [2.75, 3.05) is 0 Å². The summed E-state index contributed by atoms with van der Waals surface area (Å²) < 4.78 is 14.9. The number of hydrogen-bond donors (Lipinski definition) is 1. The molecule has 5 heteroatoms. The number of aliphatic hydroxyl groups excluding tert-OH is 1. The summed E-state index contributed by atoms with van der Waals surface area (Å²) in [7, 11) is 0. The first-order chi connectivity index (χ1) is 7.20. The molecule has 0 aliphatic heterocycles. The van der Waals surface area contributed by atoms with Crippen LogP contribution in [-0.4, -0.2) is 14.9 Å². The zero-order chi connectivity index (χ0) is 10.8. The van der Waals surface area contributed by atoms with E-state index in [9.17, 15) is 4.39 Å². The lowest BCUT2D eigenvalue weighted by Crippen LogP contribution is -1.99. The molecule has 0 aliphatic carbocycles. The summed E-state index contributed by atoms with van der Waals surface area (Å²) >= 11 is 5.68. The van der Waals surface area contributed by atoms with E-state index in [0.717, 1.165) is 0 Å². The van der Waals surface area contributed by atoms with Crippen molar-refractivity contribution in [2.24, 2.45) is 0 Å². The molecule has 0 bridgehead atoms. The fourth-order valence-corrected chi connectivity index (χ4v) is 1.40. The average Bonchev–Trinajstić information content (AvgIpc) is 2.64. The van der Waals surface area contributed by atoms with Crippen LogP contribution < -0.4 is 0 Å². The van der Waals surface area contributed by atoms with E-state index < -0.39 is 5.82 Å². The number of halogens is 2. The van der Waals surface area contributed by atoms with Crippen molar-refractivity contribution in [3.8, 4) is 5.69 Å². The van der Waals surface area contributed by atoms with Gasteiger partial charge in [0.15, 0.2) is 0 Å². The van der Waals surface area contributed by atoms with Gasteiger partial charge in [0, 0.05) is 6.20 Å². The van der Waals surface area contributed by atoms with Crippen molar-refractivity contribution in [3.05, 3.63) is 47.0 Å². The first kappa shape index (κ1) is 10.1. The van der Waals surface area contributed by atoms with E-state index >= 15 is 0 Å². The lowest BCUT2D eigenvalue weighted by atomic mass is 10.2. The highest BCUT2D eigenvalue weighted by Crippen LogP contribution is 2.16. The van der Waals surface area contributed by atoms with Gasteiger partial charge in [0.05, 0.1) is 17.8 Å². The Morgan fingerprint density at radius 3 is 2.80 bits per heavy atom. The Balaban J connectivity index is 2.45. The number of aliphatic hydroxyl groups is 1. The van der Waals surface area contributed by atoms with E-state index in [0.29, 0.717) is 16.3 Å². The Morgan fingerprint density at radius 1 is 1.47 bits per heavy atom. The SMILES string of the molecule is OCc1ccc(-n2cc(Cl)cn2)c(F)c1. The van der Waals surface area contributed by atoms with Gasteiger partial charge in [-0.2, -0.15) is 5.10 Å². The molecule has 1 N–H and O–H groups in total. The Kier molecular flexibility index (Phi) is 2.70. The fourth-order valence-electron chi connectivity index (χ4n) is 1.27. The van der Waals surface area contributed by atoms with Gasteiger partial charge in [0.25, 0.3) is 0 Å². The summed E-state index contributed by atoms with van der Waals surface area (Å²) in [4.78, 5) is 0. The summed E-state index contributed by atoms with van der Waals surface area (Å²) in [5.41, 5.74) is 0.827. The Bertz CT molecular complexity index is 484. The van der Waals surface area contributed by atoms with E-state index in [2.05, 4.69) is 5.10 Å². The van der Waals surface area contributed by atoms with Gasteiger partial charge in [-0.3, -0.25) is 0 Å². The topological polar surface area (TPSA) is 38.0 Å². The third-order valence-corrected chi connectivity index (χ3v) is 2.19. The third-order valence-electron chi connectivity index (χ3n) is 1.99. The molecule has 1 aromatic carbocycles. The second kappa shape index (κ2) is 4.00. The van der Waals surface area contributed by atoms with Gasteiger partial charge in [0.1, 0.15) is 11.5 Å². The Labute approximate surface area is 90.7 Å². The maximum atomic E-state index is 13.5.